The zero-order valence-corrected chi connectivity index (χ0v) is 9.11. The summed E-state index contributed by atoms with van der Waals surface area (Å²) in [6, 6.07) is 4.61. The molecule has 0 saturated carbocycles. The number of hydrogen-bond acceptors (Lipinski definition) is 4. The topological polar surface area (TPSA) is 89.8 Å². The molecule has 16 heavy (non-hydrogen) atoms. The largest absolute Gasteiger partial charge is 0.478 e. The van der Waals surface area contributed by atoms with Gasteiger partial charge in [-0.1, -0.05) is 17.7 Å². The van der Waals surface area contributed by atoms with Crippen LogP contribution in [0.1, 0.15) is 10.4 Å². The monoisotopic (exact) mass is 245 g/mol. The van der Waals surface area contributed by atoms with Gasteiger partial charge in [-0.25, -0.2) is 4.79 Å². The lowest BCUT2D eigenvalue weighted by Crippen LogP contribution is -2.23. The number of nitrogens with one attached hydrogen (secondary N) is 1. The van der Waals surface area contributed by atoms with Crippen molar-refractivity contribution in [3.63, 3.8) is 0 Å². The molecule has 1 rings (SSSR count). The average molecular weight is 246 g/mol. The van der Waals surface area contributed by atoms with Crippen molar-refractivity contribution in [2.45, 2.75) is 6.10 Å². The molecule has 6 heteroatoms. The quantitative estimate of drug-likeness (QED) is 0.616. The van der Waals surface area contributed by atoms with Gasteiger partial charge in [0.15, 0.2) is 0 Å². The Morgan fingerprint density at radius 1 is 1.50 bits per heavy atom. The molecule has 0 spiro atoms. The first-order valence-electron chi connectivity index (χ1n) is 4.61. The van der Waals surface area contributed by atoms with Crippen LogP contribution in [-0.4, -0.2) is 40.5 Å². The molecule has 4 N–H and O–H groups in total. The SMILES string of the molecule is O=C(O)c1c(Cl)cccc1NCC(O)CO. The summed E-state index contributed by atoms with van der Waals surface area (Å²) in [5, 5.41) is 29.5. The summed E-state index contributed by atoms with van der Waals surface area (Å²) in [5.41, 5.74) is 0.266. The van der Waals surface area contributed by atoms with Crippen molar-refractivity contribution in [2.75, 3.05) is 18.5 Å². The van der Waals surface area contributed by atoms with Crippen molar-refractivity contribution in [3.05, 3.63) is 28.8 Å². The van der Waals surface area contributed by atoms with E-state index in [1.54, 1.807) is 12.1 Å². The highest BCUT2D eigenvalue weighted by molar-refractivity contribution is 6.34. The fraction of sp³-hybridized carbons (Fsp3) is 0.300. The maximum atomic E-state index is 10.9. The van der Waals surface area contributed by atoms with Gasteiger partial charge < -0.3 is 20.6 Å². The van der Waals surface area contributed by atoms with E-state index in [1.807, 2.05) is 0 Å². The van der Waals surface area contributed by atoms with Crippen LogP contribution < -0.4 is 5.32 Å². The Morgan fingerprint density at radius 2 is 2.19 bits per heavy atom. The second-order valence-electron chi connectivity index (χ2n) is 3.18. The Bertz CT molecular complexity index is 383. The first kappa shape index (κ1) is 12.8. The molecular formula is C10H12ClNO4. The lowest BCUT2D eigenvalue weighted by molar-refractivity contribution is 0.0697. The second kappa shape index (κ2) is 5.69. The molecule has 0 saturated heterocycles. The van der Waals surface area contributed by atoms with E-state index in [0.717, 1.165) is 0 Å². The summed E-state index contributed by atoms with van der Waals surface area (Å²) in [6.07, 6.45) is -0.944. The van der Waals surface area contributed by atoms with Crippen LogP contribution in [0.4, 0.5) is 5.69 Å². The first-order valence-corrected chi connectivity index (χ1v) is 4.98. The van der Waals surface area contributed by atoms with Crippen molar-refractivity contribution in [1.82, 2.24) is 0 Å². The minimum absolute atomic E-state index is 0.0469. The summed E-state index contributed by atoms with van der Waals surface area (Å²) in [4.78, 5) is 10.9. The number of benzene rings is 1. The van der Waals surface area contributed by atoms with Gasteiger partial charge in [0.25, 0.3) is 0 Å². The zero-order valence-electron chi connectivity index (χ0n) is 8.35. The molecule has 1 aromatic rings. The summed E-state index contributed by atoms with van der Waals surface area (Å²) in [7, 11) is 0. The Morgan fingerprint density at radius 3 is 2.75 bits per heavy atom. The molecule has 0 bridgehead atoms. The van der Waals surface area contributed by atoms with Gasteiger partial charge in [-0.2, -0.15) is 0 Å². The Balaban J connectivity index is 2.87. The highest BCUT2D eigenvalue weighted by Gasteiger charge is 2.14. The molecule has 0 aromatic heterocycles. The number of anilines is 1. The number of aliphatic hydroxyl groups excluding tert-OH is 2. The molecule has 0 aliphatic rings. The number of aliphatic hydroxyl groups is 2. The maximum absolute atomic E-state index is 10.9. The molecule has 0 radical (unpaired) electrons. The Hall–Kier alpha value is -1.30. The number of carbonyl (C=O) groups is 1. The van der Waals surface area contributed by atoms with Crippen LogP contribution >= 0.6 is 11.6 Å². The number of rotatable bonds is 5. The van der Waals surface area contributed by atoms with Crippen LogP contribution in [0.25, 0.3) is 0 Å². The molecule has 1 atom stereocenters. The molecule has 88 valence electrons. The fourth-order valence-corrected chi connectivity index (χ4v) is 1.44. The van der Waals surface area contributed by atoms with Gasteiger partial charge in [0, 0.05) is 6.54 Å². The molecular weight excluding hydrogens is 234 g/mol. The molecule has 0 heterocycles. The summed E-state index contributed by atoms with van der Waals surface area (Å²) in [5.74, 6) is -1.15. The van der Waals surface area contributed by atoms with Crippen LogP contribution in [-0.2, 0) is 0 Å². The summed E-state index contributed by atoms with van der Waals surface area (Å²) < 4.78 is 0. The highest BCUT2D eigenvalue weighted by atomic mass is 35.5. The molecule has 1 unspecified atom stereocenters. The molecule has 0 aliphatic carbocycles. The molecule has 0 fully saturated rings. The number of halogens is 1. The van der Waals surface area contributed by atoms with E-state index in [-0.39, 0.29) is 17.1 Å². The molecule has 1 aromatic carbocycles. The van der Waals surface area contributed by atoms with Gasteiger partial charge in [-0.3, -0.25) is 0 Å². The second-order valence-corrected chi connectivity index (χ2v) is 3.59. The maximum Gasteiger partial charge on any atom is 0.339 e. The fourth-order valence-electron chi connectivity index (χ4n) is 1.18. The molecule has 0 aliphatic heterocycles. The summed E-state index contributed by atoms with van der Waals surface area (Å²) >= 11 is 5.74. The third kappa shape index (κ3) is 3.10. The zero-order chi connectivity index (χ0) is 12.1. The van der Waals surface area contributed by atoms with Crippen molar-refractivity contribution >= 4 is 23.3 Å². The van der Waals surface area contributed by atoms with E-state index in [2.05, 4.69) is 5.32 Å². The van der Waals surface area contributed by atoms with Crippen LogP contribution in [0, 0.1) is 0 Å². The van der Waals surface area contributed by atoms with Gasteiger partial charge in [0.2, 0.25) is 0 Å². The third-order valence-electron chi connectivity index (χ3n) is 1.97. The molecule has 5 nitrogen and oxygen atoms in total. The average Bonchev–Trinajstić information content (AvgIpc) is 2.25. The van der Waals surface area contributed by atoms with Gasteiger partial charge in [0.1, 0.15) is 5.56 Å². The van der Waals surface area contributed by atoms with Gasteiger partial charge in [-0.15, -0.1) is 0 Å². The minimum atomic E-state index is -1.15. The van der Waals surface area contributed by atoms with Gasteiger partial charge >= 0.3 is 5.97 Å². The van der Waals surface area contributed by atoms with E-state index in [4.69, 9.17) is 26.9 Å². The lowest BCUT2D eigenvalue weighted by atomic mass is 10.1. The predicted molar refractivity (Wildman–Crippen MR) is 60.0 cm³/mol. The number of hydrogen-bond donors (Lipinski definition) is 4. The van der Waals surface area contributed by atoms with Gasteiger partial charge in [0.05, 0.1) is 23.4 Å². The Kier molecular flexibility index (Phi) is 4.54. The number of aromatic carboxylic acids is 1. The standard InChI is InChI=1S/C10H12ClNO4/c11-7-2-1-3-8(9(7)10(15)16)12-4-6(14)5-13/h1-3,6,12-14H,4-5H2,(H,15,16). The van der Waals surface area contributed by atoms with Crippen LogP contribution in [0.5, 0.6) is 0 Å². The van der Waals surface area contributed by atoms with E-state index < -0.39 is 18.7 Å². The Labute approximate surface area is 97.3 Å². The minimum Gasteiger partial charge on any atom is -0.478 e. The van der Waals surface area contributed by atoms with E-state index >= 15 is 0 Å². The van der Waals surface area contributed by atoms with Crippen molar-refractivity contribution in [2.24, 2.45) is 0 Å². The van der Waals surface area contributed by atoms with Crippen molar-refractivity contribution in [3.8, 4) is 0 Å². The number of carboxylic acids is 1. The van der Waals surface area contributed by atoms with Gasteiger partial charge in [-0.05, 0) is 12.1 Å². The van der Waals surface area contributed by atoms with E-state index in [9.17, 15) is 4.79 Å². The van der Waals surface area contributed by atoms with Crippen LogP contribution in [0.15, 0.2) is 18.2 Å². The predicted octanol–water partition coefficient (Wildman–Crippen LogP) is 0.803. The highest BCUT2D eigenvalue weighted by Crippen LogP contribution is 2.24. The lowest BCUT2D eigenvalue weighted by Gasteiger charge is -2.13. The van der Waals surface area contributed by atoms with Crippen molar-refractivity contribution in [1.29, 1.82) is 0 Å². The van der Waals surface area contributed by atoms with Crippen LogP contribution in [0.2, 0.25) is 5.02 Å². The van der Waals surface area contributed by atoms with Crippen molar-refractivity contribution < 1.29 is 20.1 Å². The third-order valence-corrected chi connectivity index (χ3v) is 2.28. The number of carboxylic acid groups (broad SMARTS) is 1. The smallest absolute Gasteiger partial charge is 0.339 e. The van der Waals surface area contributed by atoms with Crippen LogP contribution in [0.3, 0.4) is 0 Å². The normalized spacial score (nSPS) is 12.2. The molecule has 0 amide bonds. The van der Waals surface area contributed by atoms with E-state index in [1.165, 1.54) is 6.07 Å². The first-order chi connectivity index (χ1) is 7.56. The summed E-state index contributed by atoms with van der Waals surface area (Å²) in [6.45, 7) is -0.340. The van der Waals surface area contributed by atoms with E-state index in [0.29, 0.717) is 5.69 Å².